The first-order valence-electron chi connectivity index (χ1n) is 12.2. The molecule has 0 saturated heterocycles. The summed E-state index contributed by atoms with van der Waals surface area (Å²) >= 11 is 1.36. The first-order chi connectivity index (χ1) is 17.8. The summed E-state index contributed by atoms with van der Waals surface area (Å²) in [6.45, 7) is 7.00. The van der Waals surface area contributed by atoms with Crippen LogP contribution in [0.4, 0.5) is 10.1 Å². The van der Waals surface area contributed by atoms with Crippen molar-refractivity contribution in [3.63, 3.8) is 0 Å². The van der Waals surface area contributed by atoms with Crippen molar-refractivity contribution in [2.45, 2.75) is 30.3 Å². The van der Waals surface area contributed by atoms with E-state index in [1.54, 1.807) is 6.07 Å². The number of rotatable bonds is 11. The minimum atomic E-state index is -0.983. The second-order valence-electron chi connectivity index (χ2n) is 9.49. The van der Waals surface area contributed by atoms with E-state index in [2.05, 4.69) is 35.7 Å². The predicted octanol–water partition coefficient (Wildman–Crippen LogP) is 7.05. The number of carbonyl (C=O) groups excluding carboxylic acids is 1. The van der Waals surface area contributed by atoms with Crippen molar-refractivity contribution in [1.29, 1.82) is 0 Å². The minimum absolute atomic E-state index is 0.255. The lowest BCUT2D eigenvalue weighted by Gasteiger charge is -2.46. The molecular weight excluding hydrogens is 481 g/mol. The van der Waals surface area contributed by atoms with Gasteiger partial charge in [-0.05, 0) is 59.8 Å². The zero-order valence-electron chi connectivity index (χ0n) is 21.2. The SMILES string of the molecule is C=C(NC(C=O)(c1ccccc1)C1(C)C=CC=CC1)N(C)Cc1ccc(NSc2cccc(F)c2)cc1. The second kappa shape index (κ2) is 11.5. The Balaban J connectivity index is 1.45. The molecule has 0 saturated carbocycles. The Labute approximate surface area is 223 Å². The topological polar surface area (TPSA) is 44.4 Å². The predicted molar refractivity (Wildman–Crippen MR) is 151 cm³/mol. The molecule has 190 valence electrons. The molecule has 1 aliphatic carbocycles. The van der Waals surface area contributed by atoms with Crippen LogP contribution >= 0.6 is 11.9 Å². The van der Waals surface area contributed by atoms with Gasteiger partial charge in [-0.2, -0.15) is 0 Å². The van der Waals surface area contributed by atoms with Gasteiger partial charge in [0.2, 0.25) is 0 Å². The Hall–Kier alpha value is -3.77. The number of hydrogen-bond acceptors (Lipinski definition) is 5. The molecule has 3 aromatic carbocycles. The number of carbonyl (C=O) groups is 1. The van der Waals surface area contributed by atoms with Crippen LogP contribution in [0.25, 0.3) is 0 Å². The molecule has 0 heterocycles. The van der Waals surface area contributed by atoms with Crippen LogP contribution in [0.1, 0.15) is 24.5 Å². The second-order valence-corrected chi connectivity index (χ2v) is 10.4. The van der Waals surface area contributed by atoms with Crippen molar-refractivity contribution < 1.29 is 9.18 Å². The third-order valence-corrected chi connectivity index (χ3v) is 7.65. The number of hydrogen-bond donors (Lipinski definition) is 2. The van der Waals surface area contributed by atoms with Crippen molar-refractivity contribution in [2.24, 2.45) is 5.41 Å². The molecule has 0 aromatic heterocycles. The van der Waals surface area contributed by atoms with Crippen molar-refractivity contribution in [3.05, 3.63) is 133 Å². The Morgan fingerprint density at radius 2 is 1.86 bits per heavy atom. The Bertz CT molecular complexity index is 1290. The summed E-state index contributed by atoms with van der Waals surface area (Å²) in [4.78, 5) is 15.7. The fourth-order valence-electron chi connectivity index (χ4n) is 4.52. The molecule has 0 amide bonds. The van der Waals surface area contributed by atoms with Crippen molar-refractivity contribution in [2.75, 3.05) is 11.8 Å². The van der Waals surface area contributed by atoms with E-state index in [0.29, 0.717) is 12.4 Å². The van der Waals surface area contributed by atoms with E-state index in [-0.39, 0.29) is 5.82 Å². The fraction of sp³-hybridized carbons (Fsp3) is 0.194. The molecule has 2 unspecified atom stereocenters. The number of nitrogens with zero attached hydrogens (tertiary/aromatic N) is 1. The van der Waals surface area contributed by atoms with Gasteiger partial charge in [0.05, 0.1) is 5.82 Å². The maximum Gasteiger partial charge on any atom is 0.150 e. The third-order valence-electron chi connectivity index (χ3n) is 6.82. The van der Waals surface area contributed by atoms with Gasteiger partial charge in [0.25, 0.3) is 0 Å². The number of halogens is 1. The minimum Gasteiger partial charge on any atom is -0.358 e. The molecule has 0 radical (unpaired) electrons. The number of anilines is 1. The Morgan fingerprint density at radius 1 is 1.11 bits per heavy atom. The third kappa shape index (κ3) is 5.97. The maximum absolute atomic E-state index is 13.4. The van der Waals surface area contributed by atoms with Crippen LogP contribution in [0.15, 0.2) is 120 Å². The number of allylic oxidation sites excluding steroid dienone is 3. The summed E-state index contributed by atoms with van der Waals surface area (Å²) < 4.78 is 16.6. The van der Waals surface area contributed by atoms with Gasteiger partial charge in [0.1, 0.15) is 11.4 Å². The van der Waals surface area contributed by atoms with Crippen LogP contribution in [0.5, 0.6) is 0 Å². The summed E-state index contributed by atoms with van der Waals surface area (Å²) in [5, 5.41) is 3.51. The lowest BCUT2D eigenvalue weighted by atomic mass is 9.64. The quantitative estimate of drug-likeness (QED) is 0.212. The Morgan fingerprint density at radius 3 is 2.51 bits per heavy atom. The van der Waals surface area contributed by atoms with Gasteiger partial charge in [-0.1, -0.05) is 86.3 Å². The number of nitrogens with one attached hydrogen (secondary N) is 2. The lowest BCUT2D eigenvalue weighted by molar-refractivity contribution is -0.117. The van der Waals surface area contributed by atoms with Crippen LogP contribution in [-0.2, 0) is 16.9 Å². The smallest absolute Gasteiger partial charge is 0.150 e. The van der Waals surface area contributed by atoms with E-state index >= 15 is 0 Å². The molecule has 1 aliphatic rings. The van der Waals surface area contributed by atoms with Crippen molar-refractivity contribution in [3.8, 4) is 0 Å². The van der Waals surface area contributed by atoms with E-state index in [9.17, 15) is 9.18 Å². The highest BCUT2D eigenvalue weighted by atomic mass is 32.2. The van der Waals surface area contributed by atoms with E-state index < -0.39 is 11.0 Å². The standard InChI is InChI=1S/C31H32FN3OS/c1-24(33-31(23-36,26-11-6-4-7-12-26)30(2)19-8-5-9-20-30)35(3)22-25-15-17-28(18-16-25)34-37-29-14-10-13-27(32)21-29/h4-19,21,23,33-34H,1,20,22H2,2-3H3. The highest BCUT2D eigenvalue weighted by molar-refractivity contribution is 8.00. The first-order valence-corrected chi connectivity index (χ1v) is 13.0. The van der Waals surface area contributed by atoms with Gasteiger partial charge in [-0.3, -0.25) is 0 Å². The molecule has 3 aromatic rings. The van der Waals surface area contributed by atoms with Crippen molar-refractivity contribution >= 4 is 23.9 Å². The van der Waals surface area contributed by atoms with Crippen molar-refractivity contribution in [1.82, 2.24) is 10.2 Å². The van der Waals surface area contributed by atoms with E-state index in [1.807, 2.05) is 84.8 Å². The fourth-order valence-corrected chi connectivity index (χ4v) is 5.21. The van der Waals surface area contributed by atoms with Gasteiger partial charge in [-0.15, -0.1) is 0 Å². The van der Waals surface area contributed by atoms with E-state index in [4.69, 9.17) is 0 Å². The molecular formula is C31H32FN3OS. The molecule has 2 N–H and O–H groups in total. The van der Waals surface area contributed by atoms with Crippen LogP contribution in [0.2, 0.25) is 0 Å². The first kappa shape index (κ1) is 26.3. The van der Waals surface area contributed by atoms with Crippen LogP contribution in [0, 0.1) is 11.2 Å². The molecule has 0 spiro atoms. The average Bonchev–Trinajstić information content (AvgIpc) is 2.92. The molecule has 37 heavy (non-hydrogen) atoms. The number of aldehydes is 1. The van der Waals surface area contributed by atoms with Crippen LogP contribution in [-0.4, -0.2) is 18.2 Å². The maximum atomic E-state index is 13.4. The lowest BCUT2D eigenvalue weighted by Crippen LogP contribution is -2.56. The normalized spacial score (nSPS) is 18.0. The molecule has 0 fully saturated rings. The average molecular weight is 514 g/mol. The van der Waals surface area contributed by atoms with Gasteiger partial charge < -0.3 is 19.7 Å². The van der Waals surface area contributed by atoms with Crippen LogP contribution < -0.4 is 10.0 Å². The van der Waals surface area contributed by atoms with Crippen LogP contribution in [0.3, 0.4) is 0 Å². The molecule has 4 nitrogen and oxygen atoms in total. The van der Waals surface area contributed by atoms with Gasteiger partial charge in [-0.25, -0.2) is 4.39 Å². The summed E-state index contributed by atoms with van der Waals surface area (Å²) in [7, 11) is 1.96. The zero-order valence-corrected chi connectivity index (χ0v) is 22.0. The van der Waals surface area contributed by atoms with E-state index in [0.717, 1.165) is 34.4 Å². The molecule has 4 rings (SSSR count). The molecule has 0 aliphatic heterocycles. The summed E-state index contributed by atoms with van der Waals surface area (Å²) in [6, 6.07) is 24.4. The summed E-state index contributed by atoms with van der Waals surface area (Å²) in [6.07, 6.45) is 9.95. The molecule has 6 heteroatoms. The van der Waals surface area contributed by atoms with E-state index in [1.165, 1.54) is 24.1 Å². The summed E-state index contributed by atoms with van der Waals surface area (Å²) in [5.41, 5.74) is 1.46. The number of benzene rings is 3. The Kier molecular flexibility index (Phi) is 8.19. The summed E-state index contributed by atoms with van der Waals surface area (Å²) in [5.74, 6) is 0.402. The highest BCUT2D eigenvalue weighted by Gasteiger charge is 2.48. The largest absolute Gasteiger partial charge is 0.358 e. The van der Waals surface area contributed by atoms with Gasteiger partial charge in [0.15, 0.2) is 6.29 Å². The molecule has 2 atom stereocenters. The van der Waals surface area contributed by atoms with Gasteiger partial charge in [0, 0.05) is 29.6 Å². The molecule has 0 bridgehead atoms. The highest BCUT2D eigenvalue weighted by Crippen LogP contribution is 2.45. The monoisotopic (exact) mass is 513 g/mol. The zero-order chi connectivity index (χ0) is 26.3. The van der Waals surface area contributed by atoms with Gasteiger partial charge >= 0.3 is 0 Å².